The van der Waals surface area contributed by atoms with Crippen molar-refractivity contribution >= 4 is 22.6 Å². The molecule has 0 unspecified atom stereocenters. The summed E-state index contributed by atoms with van der Waals surface area (Å²) in [5.41, 5.74) is 2.48. The van der Waals surface area contributed by atoms with Crippen LogP contribution in [0.15, 0.2) is 30.3 Å². The van der Waals surface area contributed by atoms with Crippen molar-refractivity contribution in [3.8, 4) is 0 Å². The van der Waals surface area contributed by atoms with Gasteiger partial charge in [0.2, 0.25) is 5.91 Å². The van der Waals surface area contributed by atoms with E-state index in [9.17, 15) is 4.79 Å². The number of fused-ring (bicyclic) bond motifs is 1. The smallest absolute Gasteiger partial charge is 0.220 e. The van der Waals surface area contributed by atoms with E-state index in [0.29, 0.717) is 6.42 Å². The lowest BCUT2D eigenvalue weighted by molar-refractivity contribution is -0.119. The maximum Gasteiger partial charge on any atom is 0.220 e. The van der Waals surface area contributed by atoms with Gasteiger partial charge in [-0.25, -0.2) is 4.98 Å². The van der Waals surface area contributed by atoms with Gasteiger partial charge < -0.3 is 10.2 Å². The number of piperidine rings is 1. The fourth-order valence-electron chi connectivity index (χ4n) is 3.83. The Morgan fingerprint density at radius 3 is 2.73 bits per heavy atom. The Kier molecular flexibility index (Phi) is 3.06. The van der Waals surface area contributed by atoms with Crippen molar-refractivity contribution in [2.75, 3.05) is 24.5 Å². The summed E-state index contributed by atoms with van der Waals surface area (Å²) in [7, 11) is 0. The molecule has 2 saturated heterocycles. The molecule has 1 spiro atoms. The number of benzene rings is 1. The number of para-hydroxylation sites is 1. The maximum atomic E-state index is 11.5. The highest BCUT2D eigenvalue weighted by Gasteiger charge is 2.41. The summed E-state index contributed by atoms with van der Waals surface area (Å²) >= 11 is 0. The molecular formula is C18H21N3O. The molecule has 1 aromatic carbocycles. The van der Waals surface area contributed by atoms with Crippen LogP contribution in [0.5, 0.6) is 0 Å². The van der Waals surface area contributed by atoms with Crippen LogP contribution in [0.1, 0.15) is 24.8 Å². The topological polar surface area (TPSA) is 45.2 Å². The summed E-state index contributed by atoms with van der Waals surface area (Å²) in [4.78, 5) is 18.8. The van der Waals surface area contributed by atoms with Crippen molar-refractivity contribution in [1.82, 2.24) is 10.3 Å². The van der Waals surface area contributed by atoms with Crippen molar-refractivity contribution in [3.05, 3.63) is 35.9 Å². The van der Waals surface area contributed by atoms with E-state index in [2.05, 4.69) is 41.4 Å². The van der Waals surface area contributed by atoms with Gasteiger partial charge >= 0.3 is 0 Å². The zero-order chi connectivity index (χ0) is 15.2. The lowest BCUT2D eigenvalue weighted by atomic mass is 9.77. The molecule has 1 amide bonds. The van der Waals surface area contributed by atoms with Crippen LogP contribution in [-0.2, 0) is 4.79 Å². The highest BCUT2D eigenvalue weighted by atomic mass is 16.1. The van der Waals surface area contributed by atoms with Crippen LogP contribution >= 0.6 is 0 Å². The first kappa shape index (κ1) is 13.6. The minimum absolute atomic E-state index is 0.193. The van der Waals surface area contributed by atoms with Crippen LogP contribution in [0.3, 0.4) is 0 Å². The van der Waals surface area contributed by atoms with Gasteiger partial charge in [-0.3, -0.25) is 4.79 Å². The molecule has 0 saturated carbocycles. The highest BCUT2D eigenvalue weighted by molar-refractivity contribution is 5.82. The van der Waals surface area contributed by atoms with Crippen LogP contribution in [0.4, 0.5) is 5.82 Å². The first-order valence-electron chi connectivity index (χ1n) is 8.03. The van der Waals surface area contributed by atoms with Gasteiger partial charge in [0.1, 0.15) is 5.82 Å². The SMILES string of the molecule is Cc1cc2ccccc2nc1N1CCC2(CC1)CNC(=O)C2. The Morgan fingerprint density at radius 2 is 2.00 bits per heavy atom. The second-order valence-electron chi connectivity index (χ2n) is 6.76. The van der Waals surface area contributed by atoms with Gasteiger partial charge in [-0.1, -0.05) is 18.2 Å². The number of aromatic nitrogens is 1. The maximum absolute atomic E-state index is 11.5. The van der Waals surface area contributed by atoms with Gasteiger partial charge in [-0.05, 0) is 42.9 Å². The molecule has 114 valence electrons. The summed E-state index contributed by atoms with van der Waals surface area (Å²) in [6.07, 6.45) is 2.84. The summed E-state index contributed by atoms with van der Waals surface area (Å²) in [6.45, 7) is 4.96. The van der Waals surface area contributed by atoms with Gasteiger partial charge in [0, 0.05) is 31.4 Å². The number of hydrogen-bond acceptors (Lipinski definition) is 3. The van der Waals surface area contributed by atoms with E-state index in [0.717, 1.165) is 43.8 Å². The third-order valence-electron chi connectivity index (χ3n) is 5.21. The van der Waals surface area contributed by atoms with E-state index in [1.807, 2.05) is 6.07 Å². The predicted molar refractivity (Wildman–Crippen MR) is 88.0 cm³/mol. The standard InChI is InChI=1S/C18H21N3O/c1-13-10-14-4-2-3-5-15(14)20-17(13)21-8-6-18(7-9-21)11-16(22)19-12-18/h2-5,10H,6-9,11-12H2,1H3,(H,19,22). The van der Waals surface area contributed by atoms with E-state index < -0.39 is 0 Å². The fraction of sp³-hybridized carbons (Fsp3) is 0.444. The molecule has 0 aliphatic carbocycles. The molecule has 4 nitrogen and oxygen atoms in total. The van der Waals surface area contributed by atoms with Crippen molar-refractivity contribution in [2.45, 2.75) is 26.2 Å². The second-order valence-corrected chi connectivity index (χ2v) is 6.76. The molecule has 1 N–H and O–H groups in total. The minimum atomic E-state index is 0.193. The Morgan fingerprint density at radius 1 is 1.23 bits per heavy atom. The number of carbonyl (C=O) groups excluding carboxylic acids is 1. The zero-order valence-corrected chi connectivity index (χ0v) is 12.9. The number of anilines is 1. The minimum Gasteiger partial charge on any atom is -0.356 e. The molecule has 0 bridgehead atoms. The molecule has 2 aliphatic heterocycles. The molecule has 1 aromatic heterocycles. The summed E-state index contributed by atoms with van der Waals surface area (Å²) < 4.78 is 0. The van der Waals surface area contributed by atoms with E-state index in [1.54, 1.807) is 0 Å². The highest BCUT2D eigenvalue weighted by Crippen LogP contribution is 2.39. The van der Waals surface area contributed by atoms with Crippen molar-refractivity contribution in [3.63, 3.8) is 0 Å². The quantitative estimate of drug-likeness (QED) is 0.879. The van der Waals surface area contributed by atoms with Gasteiger partial charge in [-0.15, -0.1) is 0 Å². The van der Waals surface area contributed by atoms with E-state index in [-0.39, 0.29) is 11.3 Å². The number of amides is 1. The molecule has 3 heterocycles. The van der Waals surface area contributed by atoms with Crippen LogP contribution in [0, 0.1) is 12.3 Å². The average Bonchev–Trinajstić information content (AvgIpc) is 2.88. The molecule has 2 fully saturated rings. The second kappa shape index (κ2) is 4.97. The zero-order valence-electron chi connectivity index (χ0n) is 12.9. The van der Waals surface area contributed by atoms with E-state index >= 15 is 0 Å². The number of nitrogens with one attached hydrogen (secondary N) is 1. The molecule has 0 radical (unpaired) electrons. The molecule has 22 heavy (non-hydrogen) atoms. The van der Waals surface area contributed by atoms with Gasteiger partial charge in [0.05, 0.1) is 5.52 Å². The number of hydrogen-bond donors (Lipinski definition) is 1. The van der Waals surface area contributed by atoms with E-state index in [1.165, 1.54) is 10.9 Å². The number of aryl methyl sites for hydroxylation is 1. The molecule has 2 aromatic rings. The van der Waals surface area contributed by atoms with Crippen LogP contribution in [0.2, 0.25) is 0 Å². The van der Waals surface area contributed by atoms with E-state index in [4.69, 9.17) is 4.98 Å². The van der Waals surface area contributed by atoms with Crippen LogP contribution in [-0.4, -0.2) is 30.5 Å². The predicted octanol–water partition coefficient (Wildman–Crippen LogP) is 2.65. The average molecular weight is 295 g/mol. The molecule has 2 aliphatic rings. The fourth-order valence-corrected chi connectivity index (χ4v) is 3.83. The van der Waals surface area contributed by atoms with Crippen molar-refractivity contribution in [2.24, 2.45) is 5.41 Å². The lowest BCUT2D eigenvalue weighted by Gasteiger charge is -2.39. The number of carbonyl (C=O) groups is 1. The normalized spacial score (nSPS) is 20.6. The number of nitrogens with zero attached hydrogens (tertiary/aromatic N) is 2. The number of pyridine rings is 1. The first-order valence-corrected chi connectivity index (χ1v) is 8.03. The number of rotatable bonds is 1. The first-order chi connectivity index (χ1) is 10.7. The van der Waals surface area contributed by atoms with Gasteiger partial charge in [0.25, 0.3) is 0 Å². The van der Waals surface area contributed by atoms with Crippen LogP contribution in [0.25, 0.3) is 10.9 Å². The summed E-state index contributed by atoms with van der Waals surface area (Å²) in [6, 6.07) is 10.5. The third-order valence-corrected chi connectivity index (χ3v) is 5.21. The Bertz CT molecular complexity index is 732. The lowest BCUT2D eigenvalue weighted by Crippen LogP contribution is -2.41. The van der Waals surface area contributed by atoms with Crippen molar-refractivity contribution < 1.29 is 4.79 Å². The summed E-state index contributed by atoms with van der Waals surface area (Å²) in [5, 5.41) is 4.19. The Hall–Kier alpha value is -2.10. The summed E-state index contributed by atoms with van der Waals surface area (Å²) in [5.74, 6) is 1.32. The third kappa shape index (κ3) is 2.23. The van der Waals surface area contributed by atoms with Crippen molar-refractivity contribution in [1.29, 1.82) is 0 Å². The monoisotopic (exact) mass is 295 g/mol. The molecule has 4 rings (SSSR count). The van der Waals surface area contributed by atoms with Gasteiger partial charge in [-0.2, -0.15) is 0 Å². The Balaban J connectivity index is 1.58. The van der Waals surface area contributed by atoms with Crippen LogP contribution < -0.4 is 10.2 Å². The molecular weight excluding hydrogens is 274 g/mol. The largest absolute Gasteiger partial charge is 0.356 e. The molecule has 4 heteroatoms. The molecule has 0 atom stereocenters. The van der Waals surface area contributed by atoms with Gasteiger partial charge in [0.15, 0.2) is 0 Å². The Labute approximate surface area is 130 Å².